The fraction of sp³-hybridized carbons (Fsp3) is 0.421. The Bertz CT molecular complexity index is 878. The molecule has 0 radical (unpaired) electrons. The highest BCUT2D eigenvalue weighted by Crippen LogP contribution is 2.41. The quantitative estimate of drug-likeness (QED) is 0.790. The summed E-state index contributed by atoms with van der Waals surface area (Å²) >= 11 is 0. The van der Waals surface area contributed by atoms with E-state index >= 15 is 0 Å². The highest BCUT2D eigenvalue weighted by atomic mass is 16.6. The lowest BCUT2D eigenvalue weighted by molar-refractivity contribution is 0.165. The van der Waals surface area contributed by atoms with Crippen LogP contribution in [0.25, 0.3) is 11.6 Å². The molecule has 1 aromatic carbocycles. The molecule has 1 aromatic heterocycles. The topological polar surface area (TPSA) is 82.2 Å². The van der Waals surface area contributed by atoms with Gasteiger partial charge in [0.15, 0.2) is 17.3 Å². The van der Waals surface area contributed by atoms with E-state index in [4.69, 9.17) is 14.2 Å². The predicted molar refractivity (Wildman–Crippen MR) is 95.0 cm³/mol. The highest BCUT2D eigenvalue weighted by Gasteiger charge is 2.20. The number of fused-ring (bicyclic) bond motifs is 2. The van der Waals surface area contributed by atoms with Gasteiger partial charge in [-0.15, -0.1) is 10.2 Å². The van der Waals surface area contributed by atoms with Crippen molar-refractivity contribution in [3.8, 4) is 23.3 Å². The zero-order valence-electron chi connectivity index (χ0n) is 14.7. The molecule has 0 saturated carbocycles. The summed E-state index contributed by atoms with van der Waals surface area (Å²) in [5, 5.41) is 18.3. The van der Waals surface area contributed by atoms with E-state index in [1.54, 1.807) is 13.2 Å². The number of aryl methyl sites for hydroxylation is 1. The lowest BCUT2D eigenvalue weighted by atomic mass is 10.1. The molecule has 0 aliphatic carbocycles. The zero-order valence-corrected chi connectivity index (χ0v) is 14.7. The van der Waals surface area contributed by atoms with E-state index in [0.29, 0.717) is 41.9 Å². The normalized spacial score (nSPS) is 16.4. The second-order valence-corrected chi connectivity index (χ2v) is 6.32. The van der Waals surface area contributed by atoms with Gasteiger partial charge in [0.05, 0.1) is 12.7 Å². The summed E-state index contributed by atoms with van der Waals surface area (Å²) in [5.74, 6) is 3.40. The Labute approximate surface area is 151 Å². The largest absolute Gasteiger partial charge is 0.493 e. The standard InChI is InChI=1S/C19H20N4O3/c1-24-15-10-13(11-16-18(15)26-8-7-25-16)9-14(12-20)19-22-21-17-5-3-2-4-6-23(17)19/h9-11H,2-8H2,1H3. The van der Waals surface area contributed by atoms with E-state index in [0.717, 1.165) is 37.2 Å². The maximum absolute atomic E-state index is 9.71. The lowest BCUT2D eigenvalue weighted by Crippen LogP contribution is -2.16. The van der Waals surface area contributed by atoms with E-state index in [2.05, 4.69) is 20.8 Å². The first kappa shape index (κ1) is 16.5. The first-order chi connectivity index (χ1) is 12.8. The lowest BCUT2D eigenvalue weighted by Gasteiger charge is -2.21. The summed E-state index contributed by atoms with van der Waals surface area (Å²) in [4.78, 5) is 0. The van der Waals surface area contributed by atoms with Gasteiger partial charge in [-0.05, 0) is 36.6 Å². The molecule has 3 heterocycles. The van der Waals surface area contributed by atoms with Gasteiger partial charge in [0.25, 0.3) is 0 Å². The van der Waals surface area contributed by atoms with Crippen molar-refractivity contribution in [3.05, 3.63) is 29.3 Å². The maximum Gasteiger partial charge on any atom is 0.203 e. The number of aromatic nitrogens is 3. The average Bonchev–Trinajstić information content (AvgIpc) is 2.93. The van der Waals surface area contributed by atoms with Gasteiger partial charge in [-0.25, -0.2) is 0 Å². The van der Waals surface area contributed by atoms with Crippen LogP contribution in [0.4, 0.5) is 0 Å². The van der Waals surface area contributed by atoms with Gasteiger partial charge in [0, 0.05) is 13.0 Å². The Morgan fingerprint density at radius 1 is 1.23 bits per heavy atom. The van der Waals surface area contributed by atoms with Crippen LogP contribution >= 0.6 is 0 Å². The number of rotatable bonds is 3. The molecule has 2 aromatic rings. The minimum atomic E-state index is 0.476. The van der Waals surface area contributed by atoms with E-state index in [-0.39, 0.29) is 0 Å². The van der Waals surface area contributed by atoms with Crippen LogP contribution in [0.3, 0.4) is 0 Å². The fourth-order valence-electron chi connectivity index (χ4n) is 3.37. The van der Waals surface area contributed by atoms with Crippen molar-refractivity contribution in [2.45, 2.75) is 32.2 Å². The van der Waals surface area contributed by atoms with Crippen LogP contribution < -0.4 is 14.2 Å². The first-order valence-corrected chi connectivity index (χ1v) is 8.82. The Kier molecular flexibility index (Phi) is 4.48. The Hall–Kier alpha value is -3.01. The molecule has 0 amide bonds. The van der Waals surface area contributed by atoms with E-state index in [1.807, 2.05) is 12.1 Å². The second kappa shape index (κ2) is 7.08. The molecule has 4 rings (SSSR count). The average molecular weight is 352 g/mol. The van der Waals surface area contributed by atoms with Crippen LogP contribution in [0.1, 0.15) is 36.5 Å². The molecule has 26 heavy (non-hydrogen) atoms. The third-order valence-electron chi connectivity index (χ3n) is 4.63. The number of methoxy groups -OCH3 is 1. The number of allylic oxidation sites excluding steroid dienone is 1. The van der Waals surface area contributed by atoms with Gasteiger partial charge in [-0.2, -0.15) is 5.26 Å². The summed E-state index contributed by atoms with van der Waals surface area (Å²) in [6.07, 6.45) is 6.07. The van der Waals surface area contributed by atoms with E-state index in [1.165, 1.54) is 6.42 Å². The molecule has 0 N–H and O–H groups in total. The van der Waals surface area contributed by atoms with Crippen LogP contribution in [-0.2, 0) is 13.0 Å². The highest BCUT2D eigenvalue weighted by molar-refractivity contribution is 5.88. The van der Waals surface area contributed by atoms with Gasteiger partial charge in [0.2, 0.25) is 5.75 Å². The van der Waals surface area contributed by atoms with Crippen molar-refractivity contribution < 1.29 is 14.2 Å². The van der Waals surface area contributed by atoms with Gasteiger partial charge in [0.1, 0.15) is 25.1 Å². The summed E-state index contributed by atoms with van der Waals surface area (Å²) in [7, 11) is 1.59. The van der Waals surface area contributed by atoms with Crippen molar-refractivity contribution in [2.24, 2.45) is 0 Å². The number of benzene rings is 1. The molecule has 2 aliphatic rings. The second-order valence-electron chi connectivity index (χ2n) is 6.32. The minimum Gasteiger partial charge on any atom is -0.493 e. The van der Waals surface area contributed by atoms with Crippen molar-refractivity contribution >= 4 is 11.6 Å². The number of hydrogen-bond acceptors (Lipinski definition) is 6. The van der Waals surface area contributed by atoms with Gasteiger partial charge in [-0.1, -0.05) is 6.42 Å². The van der Waals surface area contributed by atoms with Gasteiger partial charge >= 0.3 is 0 Å². The fourth-order valence-corrected chi connectivity index (χ4v) is 3.37. The van der Waals surface area contributed by atoms with Crippen LogP contribution in [0.2, 0.25) is 0 Å². The molecule has 0 unspecified atom stereocenters. The Morgan fingerprint density at radius 2 is 2.12 bits per heavy atom. The number of hydrogen-bond donors (Lipinski definition) is 0. The van der Waals surface area contributed by atoms with Crippen LogP contribution in [0.5, 0.6) is 17.2 Å². The van der Waals surface area contributed by atoms with Crippen LogP contribution in [0.15, 0.2) is 12.1 Å². The maximum atomic E-state index is 9.71. The molecule has 0 bridgehead atoms. The third-order valence-corrected chi connectivity index (χ3v) is 4.63. The number of nitrogens with zero attached hydrogens (tertiary/aromatic N) is 4. The molecule has 2 aliphatic heterocycles. The Balaban J connectivity index is 1.75. The van der Waals surface area contributed by atoms with Crippen LogP contribution in [0, 0.1) is 11.3 Å². The van der Waals surface area contributed by atoms with Crippen molar-refractivity contribution in [2.75, 3.05) is 20.3 Å². The molecular formula is C19H20N4O3. The molecular weight excluding hydrogens is 332 g/mol. The summed E-state index contributed by atoms with van der Waals surface area (Å²) in [6.45, 7) is 1.83. The van der Waals surface area contributed by atoms with Crippen molar-refractivity contribution in [1.29, 1.82) is 5.26 Å². The molecule has 134 valence electrons. The molecule has 7 nitrogen and oxygen atoms in total. The Morgan fingerprint density at radius 3 is 2.96 bits per heavy atom. The molecule has 0 fully saturated rings. The first-order valence-electron chi connectivity index (χ1n) is 8.82. The van der Waals surface area contributed by atoms with Crippen molar-refractivity contribution in [1.82, 2.24) is 14.8 Å². The summed E-state index contributed by atoms with van der Waals surface area (Å²) in [6, 6.07) is 5.96. The van der Waals surface area contributed by atoms with Crippen LogP contribution in [-0.4, -0.2) is 35.1 Å². The minimum absolute atomic E-state index is 0.476. The molecule has 0 spiro atoms. The molecule has 0 saturated heterocycles. The zero-order chi connectivity index (χ0) is 17.9. The SMILES string of the molecule is COc1cc(C=C(C#N)c2nnc3n2CCCCC3)cc2c1OCCO2. The smallest absolute Gasteiger partial charge is 0.203 e. The van der Waals surface area contributed by atoms with Gasteiger partial charge < -0.3 is 18.8 Å². The number of nitriles is 1. The van der Waals surface area contributed by atoms with Crippen molar-refractivity contribution in [3.63, 3.8) is 0 Å². The monoisotopic (exact) mass is 352 g/mol. The predicted octanol–water partition coefficient (Wildman–Crippen LogP) is 2.85. The molecule has 0 atom stereocenters. The molecule has 7 heteroatoms. The number of ether oxygens (including phenoxy) is 3. The van der Waals surface area contributed by atoms with E-state index < -0.39 is 0 Å². The summed E-state index contributed by atoms with van der Waals surface area (Å²) < 4.78 is 18.8. The summed E-state index contributed by atoms with van der Waals surface area (Å²) in [5.41, 5.74) is 1.28. The third kappa shape index (κ3) is 2.99. The van der Waals surface area contributed by atoms with E-state index in [9.17, 15) is 5.26 Å². The van der Waals surface area contributed by atoms with Gasteiger partial charge in [-0.3, -0.25) is 0 Å².